The second kappa shape index (κ2) is 11.7. The Morgan fingerprint density at radius 3 is 2.15 bits per heavy atom. The first-order chi connectivity index (χ1) is 16.4. The minimum atomic E-state index is -3.07. The van der Waals surface area contributed by atoms with Crippen LogP contribution in [0.2, 0.25) is 0 Å². The SMILES string of the molecule is CCN(C(=O)C1CCC(NC(=O)CC2CCC(S(=O)(=O)CC3CC3)NC2)CC1)C1CCCCC1. The molecule has 4 aliphatic rings. The van der Waals surface area contributed by atoms with E-state index in [-0.39, 0.29) is 23.8 Å². The van der Waals surface area contributed by atoms with Crippen LogP contribution in [-0.4, -0.2) is 61.4 Å². The van der Waals surface area contributed by atoms with Crippen LogP contribution in [0.4, 0.5) is 0 Å². The largest absolute Gasteiger partial charge is 0.353 e. The van der Waals surface area contributed by atoms with Crippen LogP contribution in [0.3, 0.4) is 0 Å². The number of carbonyl (C=O) groups excluding carboxylic acids is 2. The molecule has 3 saturated carbocycles. The van der Waals surface area contributed by atoms with Crippen LogP contribution < -0.4 is 10.6 Å². The maximum atomic E-state index is 13.2. The fraction of sp³-hybridized carbons (Fsp3) is 0.923. The zero-order valence-electron chi connectivity index (χ0n) is 21.0. The maximum Gasteiger partial charge on any atom is 0.225 e. The predicted octanol–water partition coefficient (Wildman–Crippen LogP) is 3.38. The Bertz CT molecular complexity index is 791. The molecule has 0 aromatic rings. The van der Waals surface area contributed by atoms with Gasteiger partial charge in [-0.3, -0.25) is 9.59 Å². The molecule has 0 aromatic carbocycles. The number of piperidine rings is 1. The summed E-state index contributed by atoms with van der Waals surface area (Å²) < 4.78 is 25.0. The minimum absolute atomic E-state index is 0.0678. The van der Waals surface area contributed by atoms with E-state index in [9.17, 15) is 18.0 Å². The Morgan fingerprint density at radius 1 is 0.882 bits per heavy atom. The Balaban J connectivity index is 1.15. The van der Waals surface area contributed by atoms with Crippen molar-refractivity contribution in [3.05, 3.63) is 0 Å². The molecule has 8 heteroatoms. The van der Waals surface area contributed by atoms with Crippen LogP contribution in [-0.2, 0) is 19.4 Å². The molecule has 0 spiro atoms. The summed E-state index contributed by atoms with van der Waals surface area (Å²) in [6, 6.07) is 0.584. The molecule has 7 nitrogen and oxygen atoms in total. The average Bonchev–Trinajstić information content (AvgIpc) is 3.64. The second-order valence-electron chi connectivity index (χ2n) is 11.3. The molecule has 2 N–H and O–H groups in total. The van der Waals surface area contributed by atoms with E-state index >= 15 is 0 Å². The van der Waals surface area contributed by atoms with Gasteiger partial charge in [-0.05, 0) is 89.5 Å². The first-order valence-corrected chi connectivity index (χ1v) is 15.6. The maximum absolute atomic E-state index is 13.2. The highest BCUT2D eigenvalue weighted by molar-refractivity contribution is 7.92. The summed E-state index contributed by atoms with van der Waals surface area (Å²) >= 11 is 0. The van der Waals surface area contributed by atoms with E-state index in [1.54, 1.807) is 0 Å². The van der Waals surface area contributed by atoms with Gasteiger partial charge in [-0.1, -0.05) is 19.3 Å². The van der Waals surface area contributed by atoms with Gasteiger partial charge in [-0.15, -0.1) is 0 Å². The van der Waals surface area contributed by atoms with Gasteiger partial charge in [0.1, 0.15) is 5.37 Å². The van der Waals surface area contributed by atoms with Crippen LogP contribution in [0, 0.1) is 17.8 Å². The predicted molar refractivity (Wildman–Crippen MR) is 134 cm³/mol. The molecular formula is C26H45N3O4S. The topological polar surface area (TPSA) is 95.6 Å². The van der Waals surface area contributed by atoms with E-state index < -0.39 is 15.2 Å². The fourth-order valence-corrected chi connectivity index (χ4v) is 8.42. The molecule has 0 radical (unpaired) electrons. The van der Waals surface area contributed by atoms with E-state index in [0.717, 1.165) is 64.3 Å². The quantitative estimate of drug-likeness (QED) is 0.511. The van der Waals surface area contributed by atoms with E-state index in [1.807, 2.05) is 0 Å². The molecule has 1 heterocycles. The summed E-state index contributed by atoms with van der Waals surface area (Å²) in [4.78, 5) is 28.0. The number of sulfone groups is 1. The number of amides is 2. The van der Waals surface area contributed by atoms with Gasteiger partial charge in [0.2, 0.25) is 11.8 Å². The molecule has 2 amide bonds. The number of nitrogens with one attached hydrogen (secondary N) is 2. The molecule has 2 atom stereocenters. The van der Waals surface area contributed by atoms with Gasteiger partial charge in [0.15, 0.2) is 9.84 Å². The van der Waals surface area contributed by atoms with Crippen molar-refractivity contribution < 1.29 is 18.0 Å². The Kier molecular flexibility index (Phi) is 8.94. The summed E-state index contributed by atoms with van der Waals surface area (Å²) in [7, 11) is -3.07. The second-order valence-corrected chi connectivity index (χ2v) is 13.6. The lowest BCUT2D eigenvalue weighted by atomic mass is 9.84. The van der Waals surface area contributed by atoms with Crippen molar-refractivity contribution in [2.75, 3.05) is 18.8 Å². The Labute approximate surface area is 206 Å². The molecule has 0 bridgehead atoms. The lowest BCUT2D eigenvalue weighted by molar-refractivity contribution is -0.139. The van der Waals surface area contributed by atoms with Crippen LogP contribution in [0.25, 0.3) is 0 Å². The van der Waals surface area contributed by atoms with E-state index in [1.165, 1.54) is 19.3 Å². The van der Waals surface area contributed by atoms with Crippen LogP contribution >= 0.6 is 0 Å². The third kappa shape index (κ3) is 6.96. The molecule has 34 heavy (non-hydrogen) atoms. The number of nitrogens with zero attached hydrogens (tertiary/aromatic N) is 1. The van der Waals surface area contributed by atoms with Gasteiger partial charge in [-0.2, -0.15) is 0 Å². The number of hydrogen-bond acceptors (Lipinski definition) is 5. The van der Waals surface area contributed by atoms with Gasteiger partial charge in [0.25, 0.3) is 0 Å². The van der Waals surface area contributed by atoms with Crippen molar-refractivity contribution in [1.82, 2.24) is 15.5 Å². The first-order valence-electron chi connectivity index (χ1n) is 13.9. The van der Waals surface area contributed by atoms with E-state index in [0.29, 0.717) is 43.0 Å². The van der Waals surface area contributed by atoms with Gasteiger partial charge < -0.3 is 15.5 Å². The standard InChI is InChI=1S/C26H45N3O4S/c1-2-29(23-6-4-3-5-7-23)26(31)21-11-13-22(14-12-21)28-24(30)16-20-10-15-25(27-17-20)34(32,33)18-19-8-9-19/h19-23,25,27H,2-18H2,1H3,(H,28,30). The summed E-state index contributed by atoms with van der Waals surface area (Å²) in [5.74, 6) is 1.39. The van der Waals surface area contributed by atoms with Crippen LogP contribution in [0.1, 0.15) is 96.8 Å². The number of rotatable bonds is 9. The smallest absolute Gasteiger partial charge is 0.225 e. The third-order valence-electron chi connectivity index (χ3n) is 8.62. The van der Waals surface area contributed by atoms with Gasteiger partial charge >= 0.3 is 0 Å². The fourth-order valence-electron chi connectivity index (χ4n) is 6.35. The Morgan fingerprint density at radius 2 is 1.56 bits per heavy atom. The highest BCUT2D eigenvalue weighted by Crippen LogP contribution is 2.33. The molecule has 2 unspecified atom stereocenters. The van der Waals surface area contributed by atoms with E-state index in [4.69, 9.17) is 0 Å². The van der Waals surface area contributed by atoms with Crippen molar-refractivity contribution in [3.63, 3.8) is 0 Å². The molecule has 4 fully saturated rings. The van der Waals surface area contributed by atoms with E-state index in [2.05, 4.69) is 22.5 Å². The number of hydrogen-bond donors (Lipinski definition) is 2. The monoisotopic (exact) mass is 495 g/mol. The van der Waals surface area contributed by atoms with Crippen molar-refractivity contribution in [2.24, 2.45) is 17.8 Å². The van der Waals surface area contributed by atoms with Crippen LogP contribution in [0.15, 0.2) is 0 Å². The summed E-state index contributed by atoms with van der Waals surface area (Å²) in [5, 5.41) is 5.97. The normalized spacial score (nSPS) is 31.1. The minimum Gasteiger partial charge on any atom is -0.353 e. The van der Waals surface area contributed by atoms with Crippen molar-refractivity contribution in [2.45, 2.75) is 114 Å². The molecule has 3 aliphatic carbocycles. The van der Waals surface area contributed by atoms with Gasteiger partial charge in [0.05, 0.1) is 5.75 Å². The summed E-state index contributed by atoms with van der Waals surface area (Å²) in [6.45, 7) is 3.50. The summed E-state index contributed by atoms with van der Waals surface area (Å²) in [6.07, 6.45) is 13.4. The van der Waals surface area contributed by atoms with Gasteiger partial charge in [0, 0.05) is 31.0 Å². The molecule has 1 aliphatic heterocycles. The summed E-state index contributed by atoms with van der Waals surface area (Å²) in [5.41, 5.74) is 0. The Hall–Kier alpha value is -1.15. The zero-order valence-corrected chi connectivity index (χ0v) is 21.8. The zero-order chi connectivity index (χ0) is 24.1. The molecule has 194 valence electrons. The molecule has 0 aromatic heterocycles. The first kappa shape index (κ1) is 25.9. The highest BCUT2D eigenvalue weighted by Gasteiger charge is 2.36. The van der Waals surface area contributed by atoms with Gasteiger partial charge in [-0.25, -0.2) is 8.42 Å². The van der Waals surface area contributed by atoms with Crippen molar-refractivity contribution in [1.29, 1.82) is 0 Å². The van der Waals surface area contributed by atoms with Crippen molar-refractivity contribution >= 4 is 21.7 Å². The average molecular weight is 496 g/mol. The van der Waals surface area contributed by atoms with Crippen LogP contribution in [0.5, 0.6) is 0 Å². The third-order valence-corrected chi connectivity index (χ3v) is 10.8. The number of carbonyl (C=O) groups is 2. The molecule has 1 saturated heterocycles. The lowest BCUT2D eigenvalue weighted by Crippen LogP contribution is -2.47. The lowest BCUT2D eigenvalue weighted by Gasteiger charge is -2.38. The highest BCUT2D eigenvalue weighted by atomic mass is 32.2. The molecular weight excluding hydrogens is 450 g/mol. The molecule has 4 rings (SSSR count). The van der Waals surface area contributed by atoms with Crippen molar-refractivity contribution in [3.8, 4) is 0 Å².